The quantitative estimate of drug-likeness (QED) is 0.909. The molecule has 0 saturated heterocycles. The summed E-state index contributed by atoms with van der Waals surface area (Å²) in [6.45, 7) is 2.04. The molecule has 3 rings (SSSR count). The fourth-order valence-corrected chi connectivity index (χ4v) is 2.60. The molecule has 0 spiro atoms. The molecule has 21 heavy (non-hydrogen) atoms. The molecule has 5 heteroatoms. The number of anilines is 1. The minimum Gasteiger partial charge on any atom is -0.457 e. The number of rotatable bonds is 3. The number of ether oxygens (including phenoxy) is 1. The van der Waals surface area contributed by atoms with Crippen molar-refractivity contribution in [2.75, 3.05) is 5.32 Å². The van der Waals surface area contributed by atoms with Crippen LogP contribution in [-0.4, -0.2) is 5.91 Å². The molecule has 0 fully saturated rings. The van der Waals surface area contributed by atoms with Crippen LogP contribution in [-0.2, 0) is 11.2 Å². The Labute approximate surface area is 127 Å². The van der Waals surface area contributed by atoms with E-state index < -0.39 is 6.04 Å². The SMILES string of the molecule is CCc1cc(Oc2ccc3c(c2)NC(=O)C3N)ccc1Cl. The van der Waals surface area contributed by atoms with Crippen LogP contribution in [0.5, 0.6) is 11.5 Å². The lowest BCUT2D eigenvalue weighted by atomic mass is 10.1. The summed E-state index contributed by atoms with van der Waals surface area (Å²) in [6.07, 6.45) is 0.838. The number of hydrogen-bond acceptors (Lipinski definition) is 3. The van der Waals surface area contributed by atoms with Crippen molar-refractivity contribution >= 4 is 23.2 Å². The third-order valence-corrected chi connectivity index (χ3v) is 3.90. The number of nitrogens with two attached hydrogens (primary N) is 1. The third kappa shape index (κ3) is 2.60. The summed E-state index contributed by atoms with van der Waals surface area (Å²) >= 11 is 6.09. The van der Waals surface area contributed by atoms with Gasteiger partial charge in [0.15, 0.2) is 0 Å². The van der Waals surface area contributed by atoms with Gasteiger partial charge < -0.3 is 15.8 Å². The maximum absolute atomic E-state index is 11.5. The molecule has 0 saturated carbocycles. The maximum Gasteiger partial charge on any atom is 0.245 e. The lowest BCUT2D eigenvalue weighted by Gasteiger charge is -2.10. The number of amides is 1. The van der Waals surface area contributed by atoms with E-state index in [0.717, 1.165) is 22.6 Å². The van der Waals surface area contributed by atoms with Crippen molar-refractivity contribution in [2.45, 2.75) is 19.4 Å². The molecule has 1 aliphatic heterocycles. The molecule has 0 radical (unpaired) electrons. The molecule has 2 aromatic carbocycles. The topological polar surface area (TPSA) is 64.3 Å². The zero-order chi connectivity index (χ0) is 15.0. The first-order valence-electron chi connectivity index (χ1n) is 6.75. The number of fused-ring (bicyclic) bond motifs is 1. The molecule has 0 aromatic heterocycles. The number of hydrogen-bond donors (Lipinski definition) is 2. The number of benzene rings is 2. The first-order valence-corrected chi connectivity index (χ1v) is 7.13. The molecule has 1 amide bonds. The minimum atomic E-state index is -0.601. The second kappa shape index (κ2) is 5.39. The Morgan fingerprint density at radius 3 is 2.71 bits per heavy atom. The van der Waals surface area contributed by atoms with Crippen LogP contribution < -0.4 is 15.8 Å². The van der Waals surface area contributed by atoms with Crippen LogP contribution in [0.15, 0.2) is 36.4 Å². The van der Waals surface area contributed by atoms with Gasteiger partial charge in [0.05, 0.1) is 0 Å². The maximum atomic E-state index is 11.5. The minimum absolute atomic E-state index is 0.193. The zero-order valence-corrected chi connectivity index (χ0v) is 12.3. The highest BCUT2D eigenvalue weighted by atomic mass is 35.5. The monoisotopic (exact) mass is 302 g/mol. The molecule has 108 valence electrons. The smallest absolute Gasteiger partial charge is 0.245 e. The van der Waals surface area contributed by atoms with E-state index in [0.29, 0.717) is 17.2 Å². The van der Waals surface area contributed by atoms with Gasteiger partial charge in [-0.25, -0.2) is 0 Å². The van der Waals surface area contributed by atoms with E-state index in [9.17, 15) is 4.79 Å². The fourth-order valence-electron chi connectivity index (χ4n) is 2.35. The highest BCUT2D eigenvalue weighted by molar-refractivity contribution is 6.31. The first kappa shape index (κ1) is 13.9. The van der Waals surface area contributed by atoms with Crippen molar-refractivity contribution < 1.29 is 9.53 Å². The van der Waals surface area contributed by atoms with Crippen molar-refractivity contribution in [3.8, 4) is 11.5 Å². The number of carbonyl (C=O) groups excluding carboxylic acids is 1. The van der Waals surface area contributed by atoms with E-state index >= 15 is 0 Å². The molecule has 2 aromatic rings. The molecule has 1 heterocycles. The van der Waals surface area contributed by atoms with Gasteiger partial charge in [-0.2, -0.15) is 0 Å². The van der Waals surface area contributed by atoms with Gasteiger partial charge in [0.1, 0.15) is 17.5 Å². The molecule has 3 N–H and O–H groups in total. The molecule has 1 aliphatic rings. The van der Waals surface area contributed by atoms with Crippen molar-refractivity contribution in [2.24, 2.45) is 5.73 Å². The van der Waals surface area contributed by atoms with Gasteiger partial charge in [0, 0.05) is 22.3 Å². The lowest BCUT2D eigenvalue weighted by molar-refractivity contribution is -0.116. The van der Waals surface area contributed by atoms with Crippen LogP contribution in [0.3, 0.4) is 0 Å². The van der Waals surface area contributed by atoms with Crippen molar-refractivity contribution in [3.05, 3.63) is 52.5 Å². The number of carbonyl (C=O) groups is 1. The predicted molar refractivity (Wildman–Crippen MR) is 82.9 cm³/mol. The molecular formula is C16H15ClN2O2. The molecule has 0 aliphatic carbocycles. The van der Waals surface area contributed by atoms with Crippen molar-refractivity contribution in [1.82, 2.24) is 0 Å². The van der Waals surface area contributed by atoms with Gasteiger partial charge in [0.2, 0.25) is 5.91 Å². The average Bonchev–Trinajstić information content (AvgIpc) is 2.76. The molecule has 1 atom stereocenters. The van der Waals surface area contributed by atoms with Crippen molar-refractivity contribution in [3.63, 3.8) is 0 Å². The van der Waals surface area contributed by atoms with Crippen LogP contribution in [0.25, 0.3) is 0 Å². The van der Waals surface area contributed by atoms with Gasteiger partial charge in [0.25, 0.3) is 0 Å². The summed E-state index contributed by atoms with van der Waals surface area (Å²) in [4.78, 5) is 11.5. The summed E-state index contributed by atoms with van der Waals surface area (Å²) in [5.41, 5.74) is 8.31. The van der Waals surface area contributed by atoms with E-state index in [2.05, 4.69) is 5.32 Å². The molecule has 1 unspecified atom stereocenters. The van der Waals surface area contributed by atoms with E-state index in [-0.39, 0.29) is 5.91 Å². The average molecular weight is 303 g/mol. The Morgan fingerprint density at radius 2 is 1.95 bits per heavy atom. The number of aryl methyl sites for hydroxylation is 1. The standard InChI is InChI=1S/C16H15ClN2O2/c1-2-9-7-10(4-6-13(9)17)21-11-3-5-12-14(8-11)19-16(20)15(12)18/h3-8,15H,2,18H2,1H3,(H,19,20). The Balaban J connectivity index is 1.87. The third-order valence-electron chi connectivity index (χ3n) is 3.53. The molecular weight excluding hydrogens is 288 g/mol. The first-order chi connectivity index (χ1) is 10.1. The zero-order valence-electron chi connectivity index (χ0n) is 11.5. The van der Waals surface area contributed by atoms with Gasteiger partial charge in [-0.15, -0.1) is 0 Å². The van der Waals surface area contributed by atoms with Gasteiger partial charge >= 0.3 is 0 Å². The normalized spacial score (nSPS) is 16.5. The van der Waals surface area contributed by atoms with Crippen LogP contribution >= 0.6 is 11.6 Å². The van der Waals surface area contributed by atoms with Gasteiger partial charge in [-0.1, -0.05) is 24.6 Å². The molecule has 0 bridgehead atoms. The highest BCUT2D eigenvalue weighted by Crippen LogP contribution is 2.34. The van der Waals surface area contributed by atoms with Crippen LogP contribution in [0.1, 0.15) is 24.1 Å². The predicted octanol–water partition coefficient (Wildman–Crippen LogP) is 3.65. The Morgan fingerprint density at radius 1 is 1.24 bits per heavy atom. The number of nitrogens with one attached hydrogen (secondary N) is 1. The van der Waals surface area contributed by atoms with Gasteiger partial charge in [-0.05, 0) is 36.2 Å². The lowest BCUT2D eigenvalue weighted by Crippen LogP contribution is -2.19. The van der Waals surface area contributed by atoms with Crippen molar-refractivity contribution in [1.29, 1.82) is 0 Å². The summed E-state index contributed by atoms with van der Waals surface area (Å²) in [6, 6.07) is 10.3. The van der Waals surface area contributed by atoms with E-state index in [4.69, 9.17) is 22.1 Å². The molecule has 4 nitrogen and oxygen atoms in total. The summed E-state index contributed by atoms with van der Waals surface area (Å²) in [5, 5.41) is 3.47. The van der Waals surface area contributed by atoms with E-state index in [1.54, 1.807) is 12.1 Å². The van der Waals surface area contributed by atoms with Gasteiger partial charge in [-0.3, -0.25) is 4.79 Å². The summed E-state index contributed by atoms with van der Waals surface area (Å²) < 4.78 is 5.82. The van der Waals surface area contributed by atoms with E-state index in [1.807, 2.05) is 31.2 Å². The summed E-state index contributed by atoms with van der Waals surface area (Å²) in [7, 11) is 0. The highest BCUT2D eigenvalue weighted by Gasteiger charge is 2.27. The largest absolute Gasteiger partial charge is 0.457 e. The number of halogens is 1. The Hall–Kier alpha value is -2.04. The van der Waals surface area contributed by atoms with E-state index in [1.165, 1.54) is 0 Å². The second-order valence-corrected chi connectivity index (χ2v) is 5.33. The Kier molecular flexibility index (Phi) is 3.57. The summed E-state index contributed by atoms with van der Waals surface area (Å²) in [5.74, 6) is 1.17. The fraction of sp³-hybridized carbons (Fsp3) is 0.188. The second-order valence-electron chi connectivity index (χ2n) is 4.92. The van der Waals surface area contributed by atoms with Crippen LogP contribution in [0.2, 0.25) is 5.02 Å². The van der Waals surface area contributed by atoms with Crippen LogP contribution in [0.4, 0.5) is 5.69 Å². The Bertz CT molecular complexity index is 715. The van der Waals surface area contributed by atoms with Crippen LogP contribution in [0, 0.1) is 0 Å².